The summed E-state index contributed by atoms with van der Waals surface area (Å²) >= 11 is 0. The summed E-state index contributed by atoms with van der Waals surface area (Å²) in [5, 5.41) is 4.22. The van der Waals surface area contributed by atoms with Crippen molar-refractivity contribution < 1.29 is 9.53 Å². The molecule has 3 nitrogen and oxygen atoms in total. The molecule has 0 aromatic carbocycles. The van der Waals surface area contributed by atoms with E-state index in [9.17, 15) is 4.79 Å². The van der Waals surface area contributed by atoms with Gasteiger partial charge in [0.15, 0.2) is 0 Å². The largest absolute Gasteiger partial charge is 0.465 e. The smallest absolute Gasteiger partial charge is 0.312 e. The van der Waals surface area contributed by atoms with Crippen LogP contribution in [0.5, 0.6) is 0 Å². The number of ether oxygens (including phenoxy) is 1. The first-order valence-corrected chi connectivity index (χ1v) is 4.14. The summed E-state index contributed by atoms with van der Waals surface area (Å²) in [7, 11) is 0. The summed E-state index contributed by atoms with van der Waals surface area (Å²) in [6.45, 7) is 2.31. The number of hydrogen-bond donors (Lipinski definition) is 0. The van der Waals surface area contributed by atoms with Crippen LogP contribution in [0.15, 0.2) is 0 Å². The summed E-state index contributed by atoms with van der Waals surface area (Å²) in [6, 6.07) is 0. The molecule has 2 aliphatic heterocycles. The minimum atomic E-state index is -0.123. The molecule has 0 atom stereocenters. The number of rotatable bonds is 0. The number of hydrogen-bond acceptors (Lipinski definition) is 2. The molecule has 0 aromatic heterocycles. The van der Waals surface area contributed by atoms with E-state index in [1.807, 2.05) is 0 Å². The average Bonchev–Trinajstić information content (AvgIpc) is 2.36. The van der Waals surface area contributed by atoms with Crippen molar-refractivity contribution in [3.8, 4) is 0 Å². The average molecular weight is 154 g/mol. The molecule has 0 amide bonds. The molecule has 0 N–H and O–H groups in total. The van der Waals surface area contributed by atoms with Crippen molar-refractivity contribution in [2.45, 2.75) is 19.3 Å². The lowest BCUT2D eigenvalue weighted by atomic mass is 9.78. The van der Waals surface area contributed by atoms with Gasteiger partial charge in [-0.05, 0) is 19.3 Å². The van der Waals surface area contributed by atoms with Crippen LogP contribution < -0.4 is 5.32 Å². The van der Waals surface area contributed by atoms with Gasteiger partial charge in [0.1, 0.15) is 0 Å². The number of esters is 1. The molecule has 2 heterocycles. The summed E-state index contributed by atoms with van der Waals surface area (Å²) in [4.78, 5) is 11.3. The van der Waals surface area contributed by atoms with Crippen molar-refractivity contribution in [1.29, 1.82) is 0 Å². The molecular formula is C8H12NO2. The molecule has 2 saturated heterocycles. The minimum absolute atomic E-state index is 0.0207. The minimum Gasteiger partial charge on any atom is -0.465 e. The second kappa shape index (κ2) is 2.48. The molecule has 61 valence electrons. The number of cyclic esters (lactones) is 1. The van der Waals surface area contributed by atoms with Gasteiger partial charge >= 0.3 is 5.97 Å². The maximum Gasteiger partial charge on any atom is 0.312 e. The second-order valence-electron chi connectivity index (χ2n) is 3.34. The zero-order valence-electron chi connectivity index (χ0n) is 6.51. The first-order chi connectivity index (χ1) is 5.33. The molecule has 2 fully saturated rings. The van der Waals surface area contributed by atoms with Crippen molar-refractivity contribution in [2.24, 2.45) is 5.41 Å². The van der Waals surface area contributed by atoms with Crippen molar-refractivity contribution in [1.82, 2.24) is 5.32 Å². The molecule has 0 unspecified atom stereocenters. The van der Waals surface area contributed by atoms with Crippen LogP contribution in [0.2, 0.25) is 0 Å². The molecule has 3 heteroatoms. The van der Waals surface area contributed by atoms with Crippen LogP contribution in [0, 0.1) is 5.41 Å². The Morgan fingerprint density at radius 3 is 2.55 bits per heavy atom. The topological polar surface area (TPSA) is 40.4 Å². The van der Waals surface area contributed by atoms with Gasteiger partial charge in [-0.3, -0.25) is 4.79 Å². The lowest BCUT2D eigenvalue weighted by molar-refractivity contribution is -0.147. The highest BCUT2D eigenvalue weighted by Gasteiger charge is 2.44. The van der Waals surface area contributed by atoms with Gasteiger partial charge in [0, 0.05) is 13.1 Å². The van der Waals surface area contributed by atoms with Gasteiger partial charge in [0.25, 0.3) is 0 Å². The lowest BCUT2D eigenvalue weighted by Gasteiger charge is -2.28. The van der Waals surface area contributed by atoms with Gasteiger partial charge < -0.3 is 4.74 Å². The SMILES string of the molecule is O=C1OCCC12CC[N]CC2. The first kappa shape index (κ1) is 7.10. The lowest BCUT2D eigenvalue weighted by Crippen LogP contribution is -2.36. The molecule has 1 radical (unpaired) electrons. The Labute approximate surface area is 66.1 Å². The van der Waals surface area contributed by atoms with Gasteiger partial charge in [0.05, 0.1) is 12.0 Å². The Balaban J connectivity index is 2.12. The fourth-order valence-corrected chi connectivity index (χ4v) is 1.87. The van der Waals surface area contributed by atoms with E-state index in [4.69, 9.17) is 4.74 Å². The molecule has 0 saturated carbocycles. The van der Waals surface area contributed by atoms with Crippen molar-refractivity contribution in [3.63, 3.8) is 0 Å². The van der Waals surface area contributed by atoms with Crippen molar-refractivity contribution in [2.75, 3.05) is 19.7 Å². The molecule has 0 bridgehead atoms. The highest BCUT2D eigenvalue weighted by Crippen LogP contribution is 2.38. The third-order valence-corrected chi connectivity index (χ3v) is 2.74. The molecule has 2 rings (SSSR count). The van der Waals surface area contributed by atoms with E-state index in [1.165, 1.54) is 0 Å². The van der Waals surface area contributed by atoms with Crippen LogP contribution in [-0.2, 0) is 9.53 Å². The predicted molar refractivity (Wildman–Crippen MR) is 39.1 cm³/mol. The molecule has 0 aromatic rings. The highest BCUT2D eigenvalue weighted by molar-refractivity contribution is 5.78. The summed E-state index contributed by atoms with van der Waals surface area (Å²) < 4.78 is 4.97. The van der Waals surface area contributed by atoms with Crippen LogP contribution >= 0.6 is 0 Å². The monoisotopic (exact) mass is 154 g/mol. The number of carbonyl (C=O) groups is 1. The fourth-order valence-electron chi connectivity index (χ4n) is 1.87. The second-order valence-corrected chi connectivity index (χ2v) is 3.34. The normalized spacial score (nSPS) is 28.9. The molecular weight excluding hydrogens is 142 g/mol. The Morgan fingerprint density at radius 1 is 1.27 bits per heavy atom. The van der Waals surface area contributed by atoms with E-state index < -0.39 is 0 Å². The summed E-state index contributed by atoms with van der Waals surface area (Å²) in [5.41, 5.74) is -0.123. The predicted octanol–water partition coefficient (Wildman–Crippen LogP) is 0.318. The first-order valence-electron chi connectivity index (χ1n) is 4.14. The fraction of sp³-hybridized carbons (Fsp3) is 0.875. The van der Waals surface area contributed by atoms with Gasteiger partial charge in [-0.2, -0.15) is 0 Å². The zero-order valence-corrected chi connectivity index (χ0v) is 6.51. The van der Waals surface area contributed by atoms with E-state index in [2.05, 4.69) is 5.32 Å². The van der Waals surface area contributed by atoms with Gasteiger partial charge in [-0.1, -0.05) is 0 Å². The van der Waals surface area contributed by atoms with Crippen LogP contribution in [-0.4, -0.2) is 25.7 Å². The van der Waals surface area contributed by atoms with Crippen LogP contribution in [0.3, 0.4) is 0 Å². The molecule has 2 aliphatic rings. The summed E-state index contributed by atoms with van der Waals surface area (Å²) in [5.74, 6) is 0.0207. The van der Waals surface area contributed by atoms with Crippen LogP contribution in [0.1, 0.15) is 19.3 Å². The van der Waals surface area contributed by atoms with E-state index in [-0.39, 0.29) is 11.4 Å². The quantitative estimate of drug-likeness (QED) is 0.471. The molecule has 1 spiro atoms. The van der Waals surface area contributed by atoms with Crippen LogP contribution in [0.4, 0.5) is 0 Å². The Hall–Kier alpha value is -0.570. The highest BCUT2D eigenvalue weighted by atomic mass is 16.5. The molecule has 0 aliphatic carbocycles. The zero-order chi connectivity index (χ0) is 7.73. The van der Waals surface area contributed by atoms with E-state index in [0.717, 1.165) is 32.4 Å². The number of piperidine rings is 1. The van der Waals surface area contributed by atoms with Gasteiger partial charge in [-0.25, -0.2) is 5.32 Å². The van der Waals surface area contributed by atoms with Gasteiger partial charge in [0.2, 0.25) is 0 Å². The third kappa shape index (κ3) is 1.03. The van der Waals surface area contributed by atoms with Crippen LogP contribution in [0.25, 0.3) is 0 Å². The number of carbonyl (C=O) groups excluding carboxylic acids is 1. The Bertz CT molecular complexity index is 173. The summed E-state index contributed by atoms with van der Waals surface area (Å²) in [6.07, 6.45) is 2.74. The van der Waals surface area contributed by atoms with Gasteiger partial charge in [-0.15, -0.1) is 0 Å². The third-order valence-electron chi connectivity index (χ3n) is 2.74. The number of nitrogens with zero attached hydrogens (tertiary/aromatic N) is 1. The Kier molecular flexibility index (Phi) is 1.60. The van der Waals surface area contributed by atoms with Crippen molar-refractivity contribution in [3.05, 3.63) is 0 Å². The Morgan fingerprint density at radius 2 is 2.00 bits per heavy atom. The molecule has 11 heavy (non-hydrogen) atoms. The maximum absolute atomic E-state index is 11.3. The van der Waals surface area contributed by atoms with E-state index in [0.29, 0.717) is 6.61 Å². The van der Waals surface area contributed by atoms with Crippen molar-refractivity contribution >= 4 is 5.97 Å². The van der Waals surface area contributed by atoms with E-state index in [1.54, 1.807) is 0 Å². The van der Waals surface area contributed by atoms with E-state index >= 15 is 0 Å². The maximum atomic E-state index is 11.3. The standard InChI is InChI=1S/C8H12NO2/c10-7-8(3-6-11-7)1-4-9-5-2-8/h1-6H2.